The quantitative estimate of drug-likeness (QED) is 0.656. The van der Waals surface area contributed by atoms with Crippen molar-refractivity contribution >= 4 is 34.0 Å². The maximum absolute atomic E-state index is 3.26. The molecule has 0 aliphatic carbocycles. The molecule has 2 fully saturated rings. The average Bonchev–Trinajstić information content (AvgIpc) is 1.20. The largest absolute Gasteiger partial charge is 0.315 e. The maximum Gasteiger partial charge on any atom is 0.0202 e. The molecular formula is C5H12Br2N2. The van der Waals surface area contributed by atoms with Crippen LogP contribution in [0.25, 0.3) is 0 Å². The first-order valence-electron chi connectivity index (χ1n) is 2.83. The van der Waals surface area contributed by atoms with Crippen molar-refractivity contribution in [2.45, 2.75) is 0 Å². The summed E-state index contributed by atoms with van der Waals surface area (Å²) in [5.74, 6) is 0. The Balaban J connectivity index is 0.000000320. The van der Waals surface area contributed by atoms with Crippen LogP contribution >= 0.6 is 34.0 Å². The van der Waals surface area contributed by atoms with Crippen molar-refractivity contribution in [2.24, 2.45) is 5.41 Å². The first-order chi connectivity index (χ1) is 3.41. The highest BCUT2D eigenvalue weighted by atomic mass is 79.9. The van der Waals surface area contributed by atoms with Gasteiger partial charge in [-0.15, -0.1) is 34.0 Å². The van der Waals surface area contributed by atoms with E-state index >= 15 is 0 Å². The van der Waals surface area contributed by atoms with Gasteiger partial charge in [-0.05, 0) is 0 Å². The lowest BCUT2D eigenvalue weighted by molar-refractivity contribution is 0.0895. The fraction of sp³-hybridized carbons (Fsp3) is 1.00. The van der Waals surface area contributed by atoms with Crippen molar-refractivity contribution in [3.63, 3.8) is 0 Å². The van der Waals surface area contributed by atoms with Gasteiger partial charge in [0, 0.05) is 31.6 Å². The summed E-state index contributed by atoms with van der Waals surface area (Å²) in [4.78, 5) is 0. The molecule has 2 heterocycles. The van der Waals surface area contributed by atoms with Gasteiger partial charge in [0.25, 0.3) is 0 Å². The Morgan fingerprint density at radius 3 is 1.11 bits per heavy atom. The van der Waals surface area contributed by atoms with E-state index in [-0.39, 0.29) is 34.0 Å². The molecule has 2 nitrogen and oxygen atoms in total. The Hall–Kier alpha value is 0.880. The van der Waals surface area contributed by atoms with Crippen molar-refractivity contribution < 1.29 is 0 Å². The highest BCUT2D eigenvalue weighted by Gasteiger charge is 2.41. The van der Waals surface area contributed by atoms with Crippen molar-refractivity contribution in [2.75, 3.05) is 26.2 Å². The van der Waals surface area contributed by atoms with Crippen LogP contribution in [0.1, 0.15) is 0 Å². The van der Waals surface area contributed by atoms with Gasteiger partial charge in [0.05, 0.1) is 0 Å². The van der Waals surface area contributed by atoms with Gasteiger partial charge < -0.3 is 10.6 Å². The van der Waals surface area contributed by atoms with Gasteiger partial charge in [0.2, 0.25) is 0 Å². The van der Waals surface area contributed by atoms with E-state index in [2.05, 4.69) is 10.6 Å². The molecule has 2 rings (SSSR count). The van der Waals surface area contributed by atoms with Crippen molar-refractivity contribution in [1.82, 2.24) is 10.6 Å². The second-order valence-electron chi connectivity index (χ2n) is 2.71. The zero-order valence-electron chi connectivity index (χ0n) is 5.14. The molecule has 0 unspecified atom stereocenters. The molecule has 0 bridgehead atoms. The summed E-state index contributed by atoms with van der Waals surface area (Å²) in [6, 6.07) is 0. The second kappa shape index (κ2) is 3.32. The first kappa shape index (κ1) is 9.88. The first-order valence-corrected chi connectivity index (χ1v) is 2.83. The van der Waals surface area contributed by atoms with E-state index in [9.17, 15) is 0 Å². The molecule has 2 saturated heterocycles. The minimum Gasteiger partial charge on any atom is -0.315 e. The number of halogens is 2. The Kier molecular flexibility index (Phi) is 3.65. The molecule has 4 heteroatoms. The zero-order valence-corrected chi connectivity index (χ0v) is 8.57. The molecule has 0 aromatic rings. The highest BCUT2D eigenvalue weighted by Crippen LogP contribution is 2.25. The summed E-state index contributed by atoms with van der Waals surface area (Å²) < 4.78 is 0. The van der Waals surface area contributed by atoms with E-state index in [1.807, 2.05) is 0 Å². The van der Waals surface area contributed by atoms with Crippen LogP contribution in [0.2, 0.25) is 0 Å². The van der Waals surface area contributed by atoms with Crippen LogP contribution in [-0.4, -0.2) is 26.2 Å². The smallest absolute Gasteiger partial charge is 0.0202 e. The monoisotopic (exact) mass is 258 g/mol. The van der Waals surface area contributed by atoms with Gasteiger partial charge in [-0.3, -0.25) is 0 Å². The second-order valence-corrected chi connectivity index (χ2v) is 2.71. The molecule has 9 heavy (non-hydrogen) atoms. The lowest BCUT2D eigenvalue weighted by Crippen LogP contribution is -2.69. The lowest BCUT2D eigenvalue weighted by Gasteiger charge is -2.50. The Morgan fingerprint density at radius 2 is 1.11 bits per heavy atom. The van der Waals surface area contributed by atoms with E-state index in [1.165, 1.54) is 26.2 Å². The lowest BCUT2D eigenvalue weighted by atomic mass is 9.76. The summed E-state index contributed by atoms with van der Waals surface area (Å²) in [5.41, 5.74) is 0.722. The van der Waals surface area contributed by atoms with Gasteiger partial charge in [-0.25, -0.2) is 0 Å². The number of hydrogen-bond donors (Lipinski definition) is 2. The minimum absolute atomic E-state index is 0. The van der Waals surface area contributed by atoms with Gasteiger partial charge in [-0.1, -0.05) is 0 Å². The maximum atomic E-state index is 3.26. The number of rotatable bonds is 0. The summed E-state index contributed by atoms with van der Waals surface area (Å²) in [6.07, 6.45) is 0. The Bertz CT molecular complexity index is 73.4. The van der Waals surface area contributed by atoms with Crippen LogP contribution in [0.15, 0.2) is 0 Å². The van der Waals surface area contributed by atoms with Gasteiger partial charge >= 0.3 is 0 Å². The molecule has 2 N–H and O–H groups in total. The highest BCUT2D eigenvalue weighted by molar-refractivity contribution is 8.93. The standard InChI is InChI=1S/C5H10N2.2BrH/c1-5(2-6-1)3-7-4-5;;/h6-7H,1-4H2;2*1H. The third kappa shape index (κ3) is 1.48. The Morgan fingerprint density at radius 1 is 0.778 bits per heavy atom. The summed E-state index contributed by atoms with van der Waals surface area (Å²) >= 11 is 0. The molecule has 0 atom stereocenters. The predicted molar refractivity (Wildman–Crippen MR) is 48.8 cm³/mol. The van der Waals surface area contributed by atoms with Crippen LogP contribution in [0.5, 0.6) is 0 Å². The predicted octanol–water partition coefficient (Wildman–Crippen LogP) is 0.335. The summed E-state index contributed by atoms with van der Waals surface area (Å²) in [5, 5.41) is 6.53. The van der Waals surface area contributed by atoms with Crippen molar-refractivity contribution in [1.29, 1.82) is 0 Å². The molecule has 0 amide bonds. The van der Waals surface area contributed by atoms with E-state index in [0.29, 0.717) is 0 Å². The van der Waals surface area contributed by atoms with Gasteiger partial charge in [0.1, 0.15) is 0 Å². The molecule has 2 aliphatic rings. The topological polar surface area (TPSA) is 24.1 Å². The van der Waals surface area contributed by atoms with E-state index in [0.717, 1.165) is 5.41 Å². The van der Waals surface area contributed by atoms with Crippen LogP contribution in [0.4, 0.5) is 0 Å². The summed E-state index contributed by atoms with van der Waals surface area (Å²) in [6.45, 7) is 5.00. The van der Waals surface area contributed by atoms with Gasteiger partial charge in [-0.2, -0.15) is 0 Å². The zero-order chi connectivity index (χ0) is 4.74. The molecule has 0 aromatic heterocycles. The van der Waals surface area contributed by atoms with Crippen LogP contribution in [0.3, 0.4) is 0 Å². The number of hydrogen-bond acceptors (Lipinski definition) is 2. The molecule has 0 radical (unpaired) electrons. The summed E-state index contributed by atoms with van der Waals surface area (Å²) in [7, 11) is 0. The third-order valence-electron chi connectivity index (χ3n) is 2.00. The van der Waals surface area contributed by atoms with E-state index < -0.39 is 0 Å². The van der Waals surface area contributed by atoms with Gasteiger partial charge in [0.15, 0.2) is 0 Å². The van der Waals surface area contributed by atoms with E-state index in [1.54, 1.807) is 0 Å². The Labute approximate surface area is 76.3 Å². The van der Waals surface area contributed by atoms with Crippen molar-refractivity contribution in [3.05, 3.63) is 0 Å². The fourth-order valence-corrected chi connectivity index (χ4v) is 1.21. The average molecular weight is 260 g/mol. The fourth-order valence-electron chi connectivity index (χ4n) is 1.21. The molecule has 56 valence electrons. The van der Waals surface area contributed by atoms with Crippen LogP contribution < -0.4 is 10.6 Å². The molecular weight excluding hydrogens is 248 g/mol. The van der Waals surface area contributed by atoms with Crippen LogP contribution in [-0.2, 0) is 0 Å². The SMILES string of the molecule is Br.Br.C1NCC12CNC2. The van der Waals surface area contributed by atoms with Crippen LogP contribution in [0, 0.1) is 5.41 Å². The molecule has 0 saturated carbocycles. The molecule has 0 aromatic carbocycles. The molecule has 1 spiro atoms. The number of nitrogens with one attached hydrogen (secondary N) is 2. The van der Waals surface area contributed by atoms with Crippen molar-refractivity contribution in [3.8, 4) is 0 Å². The normalized spacial score (nSPS) is 26.7. The molecule has 2 aliphatic heterocycles. The third-order valence-corrected chi connectivity index (χ3v) is 2.00. The van der Waals surface area contributed by atoms with E-state index in [4.69, 9.17) is 0 Å². The minimum atomic E-state index is 0.